The molecule has 90 valence electrons. The number of hydrogen-bond acceptors (Lipinski definition) is 4. The molecule has 0 bridgehead atoms. The summed E-state index contributed by atoms with van der Waals surface area (Å²) in [4.78, 5) is 25.4. The topological polar surface area (TPSA) is 72.6 Å². The van der Waals surface area contributed by atoms with Crippen molar-refractivity contribution in [2.24, 2.45) is 11.7 Å². The SMILES string of the molecule is CCOC(=O)[C@@H]1C(=O)N2CCCC[C@@H]2[C@@H]1N. The van der Waals surface area contributed by atoms with Gasteiger partial charge in [-0.3, -0.25) is 9.59 Å². The first-order valence-corrected chi connectivity index (χ1v) is 5.89. The third-order valence-corrected chi connectivity index (χ3v) is 3.47. The van der Waals surface area contributed by atoms with Crippen molar-refractivity contribution in [2.45, 2.75) is 38.3 Å². The maximum absolute atomic E-state index is 12.0. The van der Waals surface area contributed by atoms with Gasteiger partial charge in [0.2, 0.25) is 5.91 Å². The lowest BCUT2D eigenvalue weighted by Gasteiger charge is -2.30. The molecule has 0 aromatic rings. The predicted octanol–water partition coefficient (Wildman–Crippen LogP) is -0.112. The Morgan fingerprint density at radius 3 is 2.94 bits per heavy atom. The van der Waals surface area contributed by atoms with Crippen LogP contribution in [0.15, 0.2) is 0 Å². The fourth-order valence-electron chi connectivity index (χ4n) is 2.69. The van der Waals surface area contributed by atoms with E-state index in [-0.39, 0.29) is 11.9 Å². The summed E-state index contributed by atoms with van der Waals surface area (Å²) >= 11 is 0. The molecule has 3 atom stereocenters. The highest BCUT2D eigenvalue weighted by Crippen LogP contribution is 2.31. The largest absolute Gasteiger partial charge is 0.465 e. The lowest BCUT2D eigenvalue weighted by Crippen LogP contribution is -2.44. The van der Waals surface area contributed by atoms with Crippen LogP contribution in [0.5, 0.6) is 0 Å². The van der Waals surface area contributed by atoms with Gasteiger partial charge in [0.15, 0.2) is 5.92 Å². The van der Waals surface area contributed by atoms with Gasteiger partial charge in [-0.2, -0.15) is 0 Å². The van der Waals surface area contributed by atoms with Gasteiger partial charge in [0.25, 0.3) is 0 Å². The van der Waals surface area contributed by atoms with Crippen LogP contribution in [0.2, 0.25) is 0 Å². The zero-order chi connectivity index (χ0) is 11.7. The van der Waals surface area contributed by atoms with Crippen LogP contribution in [0.1, 0.15) is 26.2 Å². The van der Waals surface area contributed by atoms with Crippen molar-refractivity contribution >= 4 is 11.9 Å². The van der Waals surface area contributed by atoms with Crippen molar-refractivity contribution in [1.29, 1.82) is 0 Å². The van der Waals surface area contributed by atoms with Crippen LogP contribution in [0.25, 0.3) is 0 Å². The second-order valence-electron chi connectivity index (χ2n) is 4.40. The van der Waals surface area contributed by atoms with Crippen LogP contribution in [-0.4, -0.2) is 42.0 Å². The molecule has 2 fully saturated rings. The molecule has 0 aliphatic carbocycles. The summed E-state index contributed by atoms with van der Waals surface area (Å²) in [5.74, 6) is -1.38. The minimum Gasteiger partial charge on any atom is -0.465 e. The number of amides is 1. The molecule has 5 heteroatoms. The molecule has 0 aromatic carbocycles. The summed E-state index contributed by atoms with van der Waals surface area (Å²) in [5, 5.41) is 0. The van der Waals surface area contributed by atoms with Crippen LogP contribution >= 0.6 is 0 Å². The fraction of sp³-hybridized carbons (Fsp3) is 0.818. The Morgan fingerprint density at radius 2 is 2.31 bits per heavy atom. The Labute approximate surface area is 94.9 Å². The summed E-state index contributed by atoms with van der Waals surface area (Å²) in [7, 11) is 0. The number of nitrogens with zero attached hydrogens (tertiary/aromatic N) is 1. The fourth-order valence-corrected chi connectivity index (χ4v) is 2.69. The third kappa shape index (κ3) is 1.69. The van der Waals surface area contributed by atoms with E-state index in [4.69, 9.17) is 10.5 Å². The lowest BCUT2D eigenvalue weighted by atomic mass is 9.94. The Morgan fingerprint density at radius 1 is 1.56 bits per heavy atom. The average Bonchev–Trinajstić information content (AvgIpc) is 2.53. The minimum absolute atomic E-state index is 0.0376. The number of rotatable bonds is 2. The molecule has 2 N–H and O–H groups in total. The highest BCUT2D eigenvalue weighted by atomic mass is 16.5. The van der Waals surface area contributed by atoms with E-state index in [1.807, 2.05) is 0 Å². The van der Waals surface area contributed by atoms with Crippen LogP contribution in [0, 0.1) is 5.92 Å². The number of piperidine rings is 1. The van der Waals surface area contributed by atoms with Gasteiger partial charge in [-0.15, -0.1) is 0 Å². The van der Waals surface area contributed by atoms with E-state index in [9.17, 15) is 9.59 Å². The first-order chi connectivity index (χ1) is 7.66. The summed E-state index contributed by atoms with van der Waals surface area (Å²) in [6.07, 6.45) is 2.99. The van der Waals surface area contributed by atoms with Gasteiger partial charge < -0.3 is 15.4 Å². The molecular formula is C11H18N2O3. The number of fused-ring (bicyclic) bond motifs is 1. The van der Waals surface area contributed by atoms with Crippen molar-refractivity contribution in [2.75, 3.05) is 13.2 Å². The zero-order valence-corrected chi connectivity index (χ0v) is 9.52. The van der Waals surface area contributed by atoms with Crippen molar-refractivity contribution in [3.8, 4) is 0 Å². The van der Waals surface area contributed by atoms with Gasteiger partial charge in [-0.1, -0.05) is 0 Å². The van der Waals surface area contributed by atoms with E-state index >= 15 is 0 Å². The highest BCUT2D eigenvalue weighted by Gasteiger charge is 2.50. The second-order valence-corrected chi connectivity index (χ2v) is 4.40. The maximum Gasteiger partial charge on any atom is 0.320 e. The standard InChI is InChI=1S/C11H18N2O3/c1-2-16-11(15)8-9(12)7-5-3-4-6-13(7)10(8)14/h7-9H,2-6,12H2,1H3/t7-,8+,9+/m1/s1. The van der Waals surface area contributed by atoms with Crippen LogP contribution in [0.3, 0.4) is 0 Å². The average molecular weight is 226 g/mol. The van der Waals surface area contributed by atoms with Crippen molar-refractivity contribution in [1.82, 2.24) is 4.90 Å². The van der Waals surface area contributed by atoms with Crippen LogP contribution in [-0.2, 0) is 14.3 Å². The highest BCUT2D eigenvalue weighted by molar-refractivity contribution is 6.00. The molecule has 2 aliphatic heterocycles. The Balaban J connectivity index is 2.15. The summed E-state index contributed by atoms with van der Waals surface area (Å²) in [6, 6.07) is -0.359. The van der Waals surface area contributed by atoms with E-state index in [1.165, 1.54) is 0 Å². The Bertz CT molecular complexity index is 306. The zero-order valence-electron chi connectivity index (χ0n) is 9.52. The molecule has 0 spiro atoms. The molecule has 0 radical (unpaired) electrons. The molecule has 2 aliphatic rings. The monoisotopic (exact) mass is 226 g/mol. The molecule has 2 heterocycles. The number of ether oxygens (including phenoxy) is 1. The van der Waals surface area contributed by atoms with E-state index in [0.717, 1.165) is 25.8 Å². The molecule has 16 heavy (non-hydrogen) atoms. The maximum atomic E-state index is 12.0. The number of hydrogen-bond donors (Lipinski definition) is 1. The van der Waals surface area contributed by atoms with E-state index in [0.29, 0.717) is 6.61 Å². The summed E-state index contributed by atoms with van der Waals surface area (Å²) < 4.78 is 4.91. The molecule has 5 nitrogen and oxygen atoms in total. The van der Waals surface area contributed by atoms with Gasteiger partial charge in [-0.05, 0) is 26.2 Å². The van der Waals surface area contributed by atoms with E-state index < -0.39 is 17.9 Å². The van der Waals surface area contributed by atoms with Gasteiger partial charge in [0.05, 0.1) is 6.61 Å². The van der Waals surface area contributed by atoms with Gasteiger partial charge >= 0.3 is 5.97 Å². The molecule has 2 saturated heterocycles. The first-order valence-electron chi connectivity index (χ1n) is 5.89. The number of carbonyl (C=O) groups excluding carboxylic acids is 2. The Hall–Kier alpha value is -1.10. The first kappa shape index (κ1) is 11.4. The van der Waals surface area contributed by atoms with Crippen LogP contribution in [0.4, 0.5) is 0 Å². The van der Waals surface area contributed by atoms with E-state index in [2.05, 4.69) is 0 Å². The van der Waals surface area contributed by atoms with Gasteiger partial charge in [-0.25, -0.2) is 0 Å². The number of carbonyl (C=O) groups is 2. The molecule has 0 saturated carbocycles. The molecular weight excluding hydrogens is 208 g/mol. The molecule has 2 rings (SSSR count). The molecule has 0 unspecified atom stereocenters. The van der Waals surface area contributed by atoms with Crippen molar-refractivity contribution in [3.05, 3.63) is 0 Å². The third-order valence-electron chi connectivity index (χ3n) is 3.47. The Kier molecular flexibility index (Phi) is 3.14. The summed E-state index contributed by atoms with van der Waals surface area (Å²) in [6.45, 7) is 2.75. The normalized spacial score (nSPS) is 33.8. The lowest BCUT2D eigenvalue weighted by molar-refractivity contribution is -0.152. The second kappa shape index (κ2) is 4.41. The molecule has 0 aromatic heterocycles. The number of esters is 1. The quantitative estimate of drug-likeness (QED) is 0.526. The summed E-state index contributed by atoms with van der Waals surface area (Å²) in [5.41, 5.74) is 5.99. The van der Waals surface area contributed by atoms with Gasteiger partial charge in [0, 0.05) is 18.6 Å². The van der Waals surface area contributed by atoms with Gasteiger partial charge in [0.1, 0.15) is 0 Å². The minimum atomic E-state index is -0.775. The molecule has 1 amide bonds. The van der Waals surface area contributed by atoms with Crippen molar-refractivity contribution < 1.29 is 14.3 Å². The number of nitrogens with two attached hydrogens (primary N) is 1. The predicted molar refractivity (Wildman–Crippen MR) is 57.5 cm³/mol. The van der Waals surface area contributed by atoms with Crippen molar-refractivity contribution in [3.63, 3.8) is 0 Å². The smallest absolute Gasteiger partial charge is 0.320 e. The van der Waals surface area contributed by atoms with E-state index in [1.54, 1.807) is 11.8 Å². The van der Waals surface area contributed by atoms with Crippen LogP contribution < -0.4 is 5.73 Å².